The summed E-state index contributed by atoms with van der Waals surface area (Å²) in [5.41, 5.74) is 5.17. The Morgan fingerprint density at radius 3 is 2.37 bits per heavy atom. The second-order valence-corrected chi connectivity index (χ2v) is 19.5. The largest absolute Gasteiger partial charge is 0.459 e. The van der Waals surface area contributed by atoms with E-state index in [9.17, 15) is 30.4 Å². The number of nitrogens with one attached hydrogen (secondary N) is 1. The lowest BCUT2D eigenvalue weighted by Crippen LogP contribution is -2.70. The number of nitrogens with zero attached hydrogens (tertiary/aromatic N) is 4. The highest BCUT2D eigenvalue weighted by Gasteiger charge is 2.65. The molecule has 6 atom stereocenters. The van der Waals surface area contributed by atoms with Crippen molar-refractivity contribution < 1.29 is 43.8 Å². The average Bonchev–Trinajstić information content (AvgIpc) is 3.54. The van der Waals surface area contributed by atoms with Crippen LogP contribution in [0.4, 0.5) is 10.5 Å². The van der Waals surface area contributed by atoms with E-state index in [0.29, 0.717) is 66.7 Å². The summed E-state index contributed by atoms with van der Waals surface area (Å²) in [6.07, 6.45) is 7.26. The van der Waals surface area contributed by atoms with Gasteiger partial charge in [0.2, 0.25) is 5.79 Å². The third-order valence-electron chi connectivity index (χ3n) is 14.8. The molecule has 3 aliphatic rings. The molecule has 390 valence electrons. The summed E-state index contributed by atoms with van der Waals surface area (Å²) in [5.74, 6) is -2.58. The number of carbonyl (C=O) groups is 2. The Morgan fingerprint density at radius 1 is 0.895 bits per heavy atom. The Kier molecular flexibility index (Phi) is 17.0. The van der Waals surface area contributed by atoms with Crippen LogP contribution in [-0.2, 0) is 29.3 Å². The van der Waals surface area contributed by atoms with Gasteiger partial charge in [0.05, 0.1) is 34.8 Å². The number of allylic oxidation sites excluding steroid dienone is 1. The lowest BCUT2D eigenvalue weighted by molar-refractivity contribution is -0.384. The van der Waals surface area contributed by atoms with Crippen molar-refractivity contribution in [2.45, 2.75) is 82.4 Å². The maximum Gasteiger partial charge on any atom is 0.412 e. The fourth-order valence-corrected chi connectivity index (χ4v) is 11.3. The Balaban J connectivity index is 1.24. The van der Waals surface area contributed by atoms with Crippen LogP contribution >= 0.6 is 0 Å². The molecule has 3 N–H and O–H groups in total. The van der Waals surface area contributed by atoms with Gasteiger partial charge in [-0.3, -0.25) is 14.9 Å². The SMILES string of the molecule is C=CCOC12Oc3ccc(OC(=O)NCc4ccccc4)cc3C3C(CCCCO)C(CCCCO)C=C(C(=NOCc4ccc([N+](=O)[O-])cc4)CC1N(Cc1cccc4ccccc14)C(=O)c1ccc(C#N)cc1)C32. The number of unbranched alkanes of at least 4 members (excludes halogenated alkanes) is 2. The fourth-order valence-electron chi connectivity index (χ4n) is 11.3. The molecule has 6 aromatic carbocycles. The van der Waals surface area contributed by atoms with Gasteiger partial charge in [-0.2, -0.15) is 5.26 Å². The molecule has 1 saturated carbocycles. The van der Waals surface area contributed by atoms with Crippen molar-refractivity contribution in [1.29, 1.82) is 5.26 Å². The third-order valence-corrected chi connectivity index (χ3v) is 14.8. The van der Waals surface area contributed by atoms with E-state index in [2.05, 4.69) is 24.0 Å². The van der Waals surface area contributed by atoms with Crippen LogP contribution in [0.15, 0.2) is 169 Å². The number of benzene rings is 6. The van der Waals surface area contributed by atoms with E-state index in [-0.39, 0.29) is 75.1 Å². The summed E-state index contributed by atoms with van der Waals surface area (Å²) in [6, 6.07) is 42.7. The maximum atomic E-state index is 15.8. The molecule has 15 nitrogen and oxygen atoms in total. The predicted octanol–water partition coefficient (Wildman–Crippen LogP) is 11.1. The van der Waals surface area contributed by atoms with E-state index in [1.54, 1.807) is 59.5 Å². The van der Waals surface area contributed by atoms with E-state index < -0.39 is 34.7 Å². The Hall–Kier alpha value is -8.16. The van der Waals surface area contributed by atoms with Crippen molar-refractivity contribution >= 4 is 34.2 Å². The number of rotatable bonds is 22. The topological polar surface area (TPSA) is 206 Å². The monoisotopic (exact) mass is 1020 g/mol. The molecule has 15 heteroatoms. The normalized spacial score (nSPS) is 20.7. The number of nitro benzene ring substituents is 1. The van der Waals surface area contributed by atoms with Crippen molar-refractivity contribution in [2.75, 3.05) is 19.8 Å². The van der Waals surface area contributed by atoms with Crippen LogP contribution in [0.5, 0.6) is 11.5 Å². The van der Waals surface area contributed by atoms with Gasteiger partial charge in [0, 0.05) is 61.9 Å². The number of ether oxygens (including phenoxy) is 3. The number of nitro groups is 1. The van der Waals surface area contributed by atoms with Gasteiger partial charge in [0.15, 0.2) is 0 Å². The minimum absolute atomic E-state index is 0.00477. The zero-order chi connectivity index (χ0) is 53.0. The number of aliphatic hydroxyl groups is 2. The Bertz CT molecular complexity index is 3130. The van der Waals surface area contributed by atoms with Gasteiger partial charge in [-0.1, -0.05) is 103 Å². The fraction of sp³-hybridized carbons (Fsp3) is 0.311. The molecule has 0 spiro atoms. The molecule has 6 aromatic rings. The summed E-state index contributed by atoms with van der Waals surface area (Å²) in [7, 11) is 0. The van der Waals surface area contributed by atoms with Gasteiger partial charge >= 0.3 is 6.09 Å². The molecule has 1 heterocycles. The van der Waals surface area contributed by atoms with Gasteiger partial charge in [-0.15, -0.1) is 6.58 Å². The number of carbonyl (C=O) groups excluding carboxylic acids is 2. The smallest absolute Gasteiger partial charge is 0.412 e. The highest BCUT2D eigenvalue weighted by Crippen LogP contribution is 2.62. The van der Waals surface area contributed by atoms with E-state index in [1.165, 1.54) is 12.1 Å². The first-order chi connectivity index (χ1) is 37.1. The first-order valence-corrected chi connectivity index (χ1v) is 25.9. The molecule has 1 aliphatic heterocycles. The molecule has 2 aliphatic carbocycles. The number of aliphatic hydroxyl groups excluding tert-OH is 2. The van der Waals surface area contributed by atoms with Gasteiger partial charge in [0.25, 0.3) is 11.6 Å². The molecule has 0 saturated heterocycles. The van der Waals surface area contributed by atoms with Gasteiger partial charge in [-0.05, 0) is 125 Å². The molecular formula is C61H61N5O10. The summed E-state index contributed by atoms with van der Waals surface area (Å²) < 4.78 is 20.8. The van der Waals surface area contributed by atoms with Crippen molar-refractivity contribution in [3.63, 3.8) is 0 Å². The second kappa shape index (κ2) is 24.5. The maximum absolute atomic E-state index is 15.8. The lowest BCUT2D eigenvalue weighted by atomic mass is 9.55. The van der Waals surface area contributed by atoms with Crippen LogP contribution in [-0.4, -0.2) is 69.4 Å². The van der Waals surface area contributed by atoms with Crippen LogP contribution in [0.1, 0.15) is 89.0 Å². The number of non-ortho nitro benzene ring substituents is 1. The molecule has 0 aromatic heterocycles. The summed E-state index contributed by atoms with van der Waals surface area (Å²) in [4.78, 5) is 48.4. The predicted molar refractivity (Wildman–Crippen MR) is 287 cm³/mol. The number of hydrogen-bond donors (Lipinski definition) is 3. The third kappa shape index (κ3) is 11.5. The molecule has 0 radical (unpaired) electrons. The summed E-state index contributed by atoms with van der Waals surface area (Å²) in [5, 5.41) is 51.3. The van der Waals surface area contributed by atoms with Gasteiger partial charge < -0.3 is 39.5 Å². The average molecular weight is 1020 g/mol. The number of hydrogen-bond acceptors (Lipinski definition) is 12. The quantitative estimate of drug-likeness (QED) is 0.0252. The minimum atomic E-state index is -1.64. The van der Waals surface area contributed by atoms with E-state index >= 15 is 4.79 Å². The Morgan fingerprint density at radius 2 is 1.63 bits per heavy atom. The first kappa shape index (κ1) is 52.7. The summed E-state index contributed by atoms with van der Waals surface area (Å²) in [6.45, 7) is 4.46. The van der Waals surface area contributed by atoms with Crippen molar-refractivity contribution in [3.05, 3.63) is 207 Å². The van der Waals surface area contributed by atoms with Crippen LogP contribution < -0.4 is 14.8 Å². The van der Waals surface area contributed by atoms with Gasteiger partial charge in [0.1, 0.15) is 24.1 Å². The minimum Gasteiger partial charge on any atom is -0.459 e. The number of amides is 2. The number of oxime groups is 1. The molecule has 6 unspecified atom stereocenters. The summed E-state index contributed by atoms with van der Waals surface area (Å²) >= 11 is 0. The zero-order valence-corrected chi connectivity index (χ0v) is 42.2. The highest BCUT2D eigenvalue weighted by molar-refractivity contribution is 6.03. The lowest BCUT2D eigenvalue weighted by Gasteiger charge is -2.60. The van der Waals surface area contributed by atoms with Crippen LogP contribution in [0.2, 0.25) is 0 Å². The molecule has 1 fully saturated rings. The van der Waals surface area contributed by atoms with Crippen molar-refractivity contribution in [3.8, 4) is 17.6 Å². The molecule has 9 rings (SSSR count). The first-order valence-electron chi connectivity index (χ1n) is 25.9. The molecule has 2 amide bonds. The Labute approximate surface area is 441 Å². The van der Waals surface area contributed by atoms with E-state index in [0.717, 1.165) is 33.0 Å². The van der Waals surface area contributed by atoms with Crippen LogP contribution in [0.25, 0.3) is 10.8 Å². The number of fused-ring (bicyclic) bond motifs is 3. The van der Waals surface area contributed by atoms with Crippen molar-refractivity contribution in [1.82, 2.24) is 10.2 Å². The molecule has 0 bridgehead atoms. The number of nitriles is 1. The zero-order valence-electron chi connectivity index (χ0n) is 42.2. The van der Waals surface area contributed by atoms with E-state index in [1.807, 2.05) is 78.9 Å². The van der Waals surface area contributed by atoms with Crippen LogP contribution in [0, 0.1) is 39.2 Å². The molecule has 76 heavy (non-hydrogen) atoms. The van der Waals surface area contributed by atoms with Crippen LogP contribution in [0.3, 0.4) is 0 Å². The van der Waals surface area contributed by atoms with Gasteiger partial charge in [-0.25, -0.2) is 4.79 Å². The standard InChI is InChI=1S/C61H61N5O10/c1-2-33-73-61-56(65(59(69)45-25-21-41(37-62)22-26-45)39-47-18-12-17-44-15-6-7-19-50(44)47)36-54(64-74-40-43-23-27-48(28-24-43)66(71)72)52-34-46(16-8-10-31-67)51(20-9-11-32-68)57(58(52)61)53-35-49(29-30-55(53)76-61)75-60(70)63-38-42-13-4-3-5-14-42/h2-7,12-15,17-19,21-30,34-35,46,51,56-58,67-68H,1,8-11,16,20,31-33,36,38-40H2,(H,63,70). The van der Waals surface area contributed by atoms with E-state index in [4.69, 9.17) is 24.2 Å². The molecular weight excluding hydrogens is 963 g/mol. The second-order valence-electron chi connectivity index (χ2n) is 19.5. The highest BCUT2D eigenvalue weighted by atomic mass is 16.7. The van der Waals surface area contributed by atoms with Crippen molar-refractivity contribution in [2.24, 2.45) is 22.9 Å².